The highest BCUT2D eigenvalue weighted by Gasteiger charge is 2.09. The summed E-state index contributed by atoms with van der Waals surface area (Å²) < 4.78 is 11.8. The summed E-state index contributed by atoms with van der Waals surface area (Å²) in [5.41, 5.74) is 13.7. The number of fused-ring (bicyclic) bond motifs is 1. The first-order chi connectivity index (χ1) is 13.0. The van der Waals surface area contributed by atoms with Gasteiger partial charge in [0, 0.05) is 22.7 Å². The molecule has 5 N–H and O–H groups in total. The number of nitrogens with two attached hydrogens (primary N) is 2. The van der Waals surface area contributed by atoms with E-state index in [4.69, 9.17) is 20.6 Å². The topological polar surface area (TPSA) is 99.3 Å². The molecule has 1 atom stereocenters. The van der Waals surface area contributed by atoms with Crippen LogP contribution in [0.4, 0.5) is 11.6 Å². The Balaban J connectivity index is 1.65. The summed E-state index contributed by atoms with van der Waals surface area (Å²) in [6.45, 7) is 9.53. The number of hydrogen-bond acceptors (Lipinski definition) is 6. The molecule has 6 heteroatoms. The first-order valence-electron chi connectivity index (χ1n) is 9.06. The zero-order chi connectivity index (χ0) is 19.4. The molecule has 0 bridgehead atoms. The average Bonchev–Trinajstić information content (AvgIpc) is 3.06. The number of aromatic nitrogens is 1. The van der Waals surface area contributed by atoms with Gasteiger partial charge in [-0.15, -0.1) is 0 Å². The van der Waals surface area contributed by atoms with Crippen molar-refractivity contribution in [2.45, 2.75) is 26.8 Å². The van der Waals surface area contributed by atoms with Gasteiger partial charge >= 0.3 is 0 Å². The minimum atomic E-state index is 0.347. The van der Waals surface area contributed by atoms with Crippen LogP contribution in [0.3, 0.4) is 0 Å². The molecule has 1 unspecified atom stereocenters. The van der Waals surface area contributed by atoms with Crippen LogP contribution in [0, 0.1) is 5.92 Å². The smallest absolute Gasteiger partial charge is 0.138 e. The lowest BCUT2D eigenvalue weighted by molar-refractivity contribution is 0.256. The quantitative estimate of drug-likeness (QED) is 0.553. The van der Waals surface area contributed by atoms with Crippen molar-refractivity contribution >= 4 is 28.3 Å². The van der Waals surface area contributed by atoms with Crippen molar-refractivity contribution in [1.82, 2.24) is 10.3 Å². The summed E-state index contributed by atoms with van der Waals surface area (Å²) >= 11 is 0. The molecule has 1 aromatic carbocycles. The van der Waals surface area contributed by atoms with E-state index >= 15 is 0 Å². The zero-order valence-corrected chi connectivity index (χ0v) is 15.8. The third-order valence-electron chi connectivity index (χ3n) is 4.52. The maximum Gasteiger partial charge on any atom is 0.138 e. The molecule has 0 aliphatic rings. The van der Waals surface area contributed by atoms with Gasteiger partial charge in [0.1, 0.15) is 28.7 Å². The number of pyridine rings is 1. The molecular formula is C21H26N4O2. The number of nitrogens with zero attached hydrogens (tertiary/aromatic N) is 1. The first-order valence-corrected chi connectivity index (χ1v) is 9.06. The number of anilines is 2. The number of benzene rings is 1. The molecule has 0 aliphatic carbocycles. The van der Waals surface area contributed by atoms with Gasteiger partial charge in [-0.1, -0.05) is 26.8 Å². The Hall–Kier alpha value is -3.15. The second kappa shape index (κ2) is 8.03. The molecule has 0 amide bonds. The number of rotatable bonds is 8. The van der Waals surface area contributed by atoms with E-state index in [1.807, 2.05) is 24.3 Å². The fraction of sp³-hybridized carbons (Fsp3) is 0.286. The predicted octanol–water partition coefficient (Wildman–Crippen LogP) is 4.18. The largest absolute Gasteiger partial charge is 0.493 e. The van der Waals surface area contributed by atoms with Crippen LogP contribution in [-0.2, 0) is 6.54 Å². The third-order valence-corrected chi connectivity index (χ3v) is 4.52. The van der Waals surface area contributed by atoms with Crippen LogP contribution in [-0.4, -0.2) is 11.6 Å². The summed E-state index contributed by atoms with van der Waals surface area (Å²) in [7, 11) is 0. The molecular weight excluding hydrogens is 340 g/mol. The van der Waals surface area contributed by atoms with Crippen molar-refractivity contribution in [3.05, 3.63) is 54.3 Å². The van der Waals surface area contributed by atoms with Crippen LogP contribution in [0.15, 0.2) is 47.4 Å². The number of hydrogen-bond donors (Lipinski definition) is 3. The minimum absolute atomic E-state index is 0.347. The van der Waals surface area contributed by atoms with Gasteiger partial charge < -0.3 is 25.9 Å². The molecule has 0 aliphatic heterocycles. The van der Waals surface area contributed by atoms with Crippen molar-refractivity contribution in [3.8, 4) is 5.75 Å². The number of ether oxygens (including phenoxy) is 1. The van der Waals surface area contributed by atoms with E-state index in [2.05, 4.69) is 30.7 Å². The van der Waals surface area contributed by atoms with Gasteiger partial charge in [0.05, 0.1) is 13.2 Å². The normalized spacial score (nSPS) is 12.1. The highest BCUT2D eigenvalue weighted by Crippen LogP contribution is 2.25. The Morgan fingerprint density at radius 3 is 2.81 bits per heavy atom. The van der Waals surface area contributed by atoms with Crippen molar-refractivity contribution in [2.24, 2.45) is 5.92 Å². The van der Waals surface area contributed by atoms with Crippen LogP contribution in [0.5, 0.6) is 5.75 Å². The lowest BCUT2D eigenvalue weighted by Crippen LogP contribution is -2.12. The predicted molar refractivity (Wildman–Crippen MR) is 110 cm³/mol. The third kappa shape index (κ3) is 4.53. The molecule has 6 nitrogen and oxygen atoms in total. The number of nitrogen functional groups attached to an aromatic ring is 2. The van der Waals surface area contributed by atoms with Crippen LogP contribution in [0.2, 0.25) is 0 Å². The van der Waals surface area contributed by atoms with Gasteiger partial charge in [-0.3, -0.25) is 0 Å². The highest BCUT2D eigenvalue weighted by molar-refractivity contribution is 5.79. The van der Waals surface area contributed by atoms with Crippen LogP contribution in [0.25, 0.3) is 16.7 Å². The molecule has 2 heterocycles. The van der Waals surface area contributed by atoms with Gasteiger partial charge in [0.2, 0.25) is 0 Å². The van der Waals surface area contributed by atoms with Gasteiger partial charge in [0.25, 0.3) is 0 Å². The van der Waals surface area contributed by atoms with Crippen molar-refractivity contribution < 1.29 is 9.15 Å². The second-order valence-corrected chi connectivity index (χ2v) is 6.74. The summed E-state index contributed by atoms with van der Waals surface area (Å²) in [5.74, 6) is 2.88. The molecule has 0 saturated heterocycles. The van der Waals surface area contributed by atoms with Gasteiger partial charge in [-0.25, -0.2) is 4.98 Å². The standard InChI is InChI=1S/C21H26N4O2/c1-4-13(2)12-26-16-6-5-15-9-17(27-19(15)10-16)11-24-14(3)18-7-8-20(22)25-21(18)23/h5-10,13,24H,3-4,11-12H2,1-2H3,(H4,22,23,25). The van der Waals surface area contributed by atoms with Gasteiger partial charge in [-0.05, 0) is 36.2 Å². The van der Waals surface area contributed by atoms with E-state index in [9.17, 15) is 0 Å². The molecule has 0 fully saturated rings. The Morgan fingerprint density at radius 1 is 1.26 bits per heavy atom. The number of furan rings is 1. The Bertz CT molecular complexity index is 949. The van der Waals surface area contributed by atoms with E-state index in [1.165, 1.54) is 0 Å². The summed E-state index contributed by atoms with van der Waals surface area (Å²) in [5, 5.41) is 4.25. The monoisotopic (exact) mass is 366 g/mol. The Kier molecular flexibility index (Phi) is 5.54. The fourth-order valence-corrected chi connectivity index (χ4v) is 2.63. The maximum atomic E-state index is 5.93. The Labute approximate surface area is 159 Å². The zero-order valence-electron chi connectivity index (χ0n) is 15.8. The van der Waals surface area contributed by atoms with E-state index in [1.54, 1.807) is 12.1 Å². The van der Waals surface area contributed by atoms with E-state index in [0.717, 1.165) is 34.5 Å². The van der Waals surface area contributed by atoms with E-state index in [0.29, 0.717) is 36.4 Å². The van der Waals surface area contributed by atoms with Crippen LogP contribution < -0.4 is 21.5 Å². The molecule has 27 heavy (non-hydrogen) atoms. The van der Waals surface area contributed by atoms with E-state index in [-0.39, 0.29) is 0 Å². The average molecular weight is 366 g/mol. The molecule has 0 spiro atoms. The number of nitrogens with one attached hydrogen (secondary N) is 1. The van der Waals surface area contributed by atoms with Crippen molar-refractivity contribution in [1.29, 1.82) is 0 Å². The van der Waals surface area contributed by atoms with Crippen LogP contribution >= 0.6 is 0 Å². The van der Waals surface area contributed by atoms with Crippen molar-refractivity contribution in [3.63, 3.8) is 0 Å². The van der Waals surface area contributed by atoms with Gasteiger partial charge in [-0.2, -0.15) is 0 Å². The maximum absolute atomic E-state index is 5.93. The lowest BCUT2D eigenvalue weighted by Gasteiger charge is -2.10. The molecule has 0 saturated carbocycles. The van der Waals surface area contributed by atoms with Crippen molar-refractivity contribution in [2.75, 3.05) is 18.1 Å². The first kappa shape index (κ1) is 18.6. The Morgan fingerprint density at radius 2 is 2.07 bits per heavy atom. The summed E-state index contributed by atoms with van der Waals surface area (Å²) in [4.78, 5) is 4.05. The van der Waals surface area contributed by atoms with Crippen LogP contribution in [0.1, 0.15) is 31.6 Å². The summed E-state index contributed by atoms with van der Waals surface area (Å²) in [6.07, 6.45) is 1.09. The summed E-state index contributed by atoms with van der Waals surface area (Å²) in [6, 6.07) is 11.4. The molecule has 3 rings (SSSR count). The SMILES string of the molecule is C=C(NCc1cc2ccc(OCC(C)CC)cc2o1)c1ccc(N)nc1N. The fourth-order valence-electron chi connectivity index (χ4n) is 2.63. The molecule has 142 valence electrons. The molecule has 3 aromatic rings. The molecule has 2 aromatic heterocycles. The minimum Gasteiger partial charge on any atom is -0.493 e. The highest BCUT2D eigenvalue weighted by atomic mass is 16.5. The molecule has 0 radical (unpaired) electrons. The van der Waals surface area contributed by atoms with E-state index < -0.39 is 0 Å². The second-order valence-electron chi connectivity index (χ2n) is 6.74. The van der Waals surface area contributed by atoms with Gasteiger partial charge in [0.15, 0.2) is 0 Å². The lowest BCUT2D eigenvalue weighted by atomic mass is 10.1.